The number of halogens is 2. The summed E-state index contributed by atoms with van der Waals surface area (Å²) in [6, 6.07) is 9.40. The van der Waals surface area contributed by atoms with E-state index in [0.29, 0.717) is 21.4 Å². The van der Waals surface area contributed by atoms with Crippen LogP contribution in [0, 0.1) is 0 Å². The molecule has 3 atom stereocenters. The van der Waals surface area contributed by atoms with Crippen LogP contribution >= 0.6 is 23.2 Å². The van der Waals surface area contributed by atoms with E-state index in [2.05, 4.69) is 34.3 Å². The summed E-state index contributed by atoms with van der Waals surface area (Å²) in [4.78, 5) is 35.7. The van der Waals surface area contributed by atoms with Crippen LogP contribution in [0.2, 0.25) is 10.0 Å². The van der Waals surface area contributed by atoms with E-state index in [1.807, 2.05) is 12.1 Å². The number of nitrogens with one attached hydrogen (secondary N) is 2. The van der Waals surface area contributed by atoms with E-state index in [9.17, 15) is 9.59 Å². The Hall–Kier alpha value is -2.55. The summed E-state index contributed by atoms with van der Waals surface area (Å²) < 4.78 is 5.99. The molecule has 2 bridgehead atoms. The molecule has 8 nitrogen and oxygen atoms in total. The second-order valence-corrected chi connectivity index (χ2v) is 13.7. The van der Waals surface area contributed by atoms with Crippen molar-refractivity contribution in [3.05, 3.63) is 52.1 Å². The number of benzene rings is 1. The number of carbonyl (C=O) groups excluding carboxylic acids is 2. The van der Waals surface area contributed by atoms with Crippen LogP contribution in [0.3, 0.4) is 0 Å². The molecule has 2 amide bonds. The number of pyridine rings is 1. The molecule has 3 fully saturated rings. The summed E-state index contributed by atoms with van der Waals surface area (Å²) in [5.41, 5.74) is -0.846. The Labute approximate surface area is 253 Å². The molecular formula is C31H41Cl2N5O3. The lowest BCUT2D eigenvalue weighted by Gasteiger charge is -2.41. The molecule has 3 saturated heterocycles. The summed E-state index contributed by atoms with van der Waals surface area (Å²) >= 11 is 12.3. The van der Waals surface area contributed by atoms with E-state index < -0.39 is 5.60 Å². The Morgan fingerprint density at radius 1 is 1.02 bits per heavy atom. The molecule has 2 aromatic rings. The zero-order valence-electron chi connectivity index (χ0n) is 24.4. The van der Waals surface area contributed by atoms with Gasteiger partial charge in [0.25, 0.3) is 11.8 Å². The third-order valence-electron chi connectivity index (χ3n) is 8.42. The van der Waals surface area contributed by atoms with Crippen LogP contribution < -0.4 is 20.3 Å². The smallest absolute Gasteiger partial charge is 0.263 e. The summed E-state index contributed by atoms with van der Waals surface area (Å²) in [6.45, 7) is 10.7. The van der Waals surface area contributed by atoms with E-state index >= 15 is 0 Å². The molecule has 3 aliphatic rings. The quantitative estimate of drug-likeness (QED) is 0.396. The highest BCUT2D eigenvalue weighted by Crippen LogP contribution is 2.39. The molecule has 41 heavy (non-hydrogen) atoms. The highest BCUT2D eigenvalue weighted by molar-refractivity contribution is 6.35. The Balaban J connectivity index is 1.16. The number of carbonyl (C=O) groups is 2. The van der Waals surface area contributed by atoms with Crippen molar-refractivity contribution < 1.29 is 14.3 Å². The Morgan fingerprint density at radius 2 is 1.71 bits per heavy atom. The number of likely N-dealkylation sites (tertiary alicyclic amines) is 1. The number of fused-ring (bicyclic) bond motifs is 2. The van der Waals surface area contributed by atoms with Crippen LogP contribution in [0.15, 0.2) is 36.5 Å². The van der Waals surface area contributed by atoms with Gasteiger partial charge in [0.2, 0.25) is 0 Å². The molecule has 1 aromatic heterocycles. The number of rotatable bonds is 9. The Bertz CT molecular complexity index is 1250. The molecular weight excluding hydrogens is 561 g/mol. The van der Waals surface area contributed by atoms with E-state index in [4.69, 9.17) is 32.9 Å². The van der Waals surface area contributed by atoms with Crippen molar-refractivity contribution in [1.82, 2.24) is 20.5 Å². The van der Waals surface area contributed by atoms with Gasteiger partial charge in [0.15, 0.2) is 5.60 Å². The maximum Gasteiger partial charge on any atom is 0.263 e. The van der Waals surface area contributed by atoms with Crippen LogP contribution in [0.4, 0.5) is 5.82 Å². The van der Waals surface area contributed by atoms with Crippen molar-refractivity contribution in [3.8, 4) is 5.75 Å². The topological polar surface area (TPSA) is 86.8 Å². The standard InChI is InChI=1S/C31H41Cl2N5O3/c1-30(2,19-37-13-5-6-14-37)36-28(39)20-7-12-27(34-18-20)38-23-9-10-24(38)17-22(16-23)35-29(40)31(3,4)41-26-11-8-21(32)15-25(26)33/h7-8,11-12,15,18,22-24H,5-6,9-10,13-14,16-17,19H2,1-4H3,(H,35,40)(H,36,39)/t22?,23-,24+. The first kappa shape index (κ1) is 29.9. The van der Waals surface area contributed by atoms with Gasteiger partial charge in [-0.1, -0.05) is 23.2 Å². The summed E-state index contributed by atoms with van der Waals surface area (Å²) in [5, 5.41) is 7.28. The molecule has 0 aliphatic carbocycles. The number of hydrogen-bond acceptors (Lipinski definition) is 6. The number of nitrogens with zero attached hydrogens (tertiary/aromatic N) is 3. The molecule has 1 unspecified atom stereocenters. The minimum Gasteiger partial charge on any atom is -0.476 e. The molecule has 2 N–H and O–H groups in total. The molecule has 1 aromatic carbocycles. The first-order valence-corrected chi connectivity index (χ1v) is 15.4. The lowest BCUT2D eigenvalue weighted by molar-refractivity contribution is -0.135. The molecule has 222 valence electrons. The van der Waals surface area contributed by atoms with E-state index in [1.165, 1.54) is 12.8 Å². The van der Waals surface area contributed by atoms with Gasteiger partial charge >= 0.3 is 0 Å². The van der Waals surface area contributed by atoms with Crippen molar-refractivity contribution in [2.45, 2.75) is 95.5 Å². The zero-order chi connectivity index (χ0) is 29.4. The number of ether oxygens (including phenoxy) is 1. The molecule has 5 rings (SSSR count). The number of anilines is 1. The van der Waals surface area contributed by atoms with Gasteiger partial charge in [-0.25, -0.2) is 4.98 Å². The molecule has 10 heteroatoms. The molecule has 4 heterocycles. The third-order valence-corrected chi connectivity index (χ3v) is 8.95. The second kappa shape index (κ2) is 12.0. The summed E-state index contributed by atoms with van der Waals surface area (Å²) in [6.07, 6.45) is 7.90. The van der Waals surface area contributed by atoms with Gasteiger partial charge in [0, 0.05) is 41.4 Å². The van der Waals surface area contributed by atoms with Gasteiger partial charge in [0.05, 0.1) is 10.6 Å². The Morgan fingerprint density at radius 3 is 2.32 bits per heavy atom. The van der Waals surface area contributed by atoms with E-state index in [0.717, 1.165) is 51.1 Å². The minimum atomic E-state index is -1.10. The minimum absolute atomic E-state index is 0.0442. The fraction of sp³-hybridized carbons (Fsp3) is 0.581. The summed E-state index contributed by atoms with van der Waals surface area (Å²) in [5.74, 6) is 1.03. The summed E-state index contributed by atoms with van der Waals surface area (Å²) in [7, 11) is 0. The average molecular weight is 603 g/mol. The molecule has 0 spiro atoms. The maximum absolute atomic E-state index is 13.2. The van der Waals surface area contributed by atoms with Crippen molar-refractivity contribution in [2.75, 3.05) is 24.5 Å². The van der Waals surface area contributed by atoms with Gasteiger partial charge in [-0.2, -0.15) is 0 Å². The molecule has 0 saturated carbocycles. The van der Waals surface area contributed by atoms with Gasteiger partial charge in [-0.05, 0) is 110 Å². The number of piperidine rings is 1. The lowest BCUT2D eigenvalue weighted by atomic mass is 9.96. The number of hydrogen-bond donors (Lipinski definition) is 2. The Kier molecular flexibility index (Phi) is 8.74. The fourth-order valence-electron chi connectivity index (χ4n) is 6.50. The number of aromatic nitrogens is 1. The molecule has 0 radical (unpaired) electrons. The van der Waals surface area contributed by atoms with E-state index in [-0.39, 0.29) is 35.5 Å². The van der Waals surface area contributed by atoms with Gasteiger partial charge in [-0.3, -0.25) is 9.59 Å². The van der Waals surface area contributed by atoms with Crippen LogP contribution in [-0.4, -0.2) is 70.6 Å². The predicted octanol–water partition coefficient (Wildman–Crippen LogP) is 5.47. The average Bonchev–Trinajstić information content (AvgIpc) is 3.50. The lowest BCUT2D eigenvalue weighted by Crippen LogP contribution is -2.55. The third kappa shape index (κ3) is 7.09. The highest BCUT2D eigenvalue weighted by Gasteiger charge is 2.43. The zero-order valence-corrected chi connectivity index (χ0v) is 25.9. The van der Waals surface area contributed by atoms with Crippen LogP contribution in [-0.2, 0) is 4.79 Å². The first-order valence-electron chi connectivity index (χ1n) is 14.6. The van der Waals surface area contributed by atoms with Crippen molar-refractivity contribution in [2.24, 2.45) is 0 Å². The van der Waals surface area contributed by atoms with Crippen LogP contribution in [0.1, 0.15) is 76.6 Å². The van der Waals surface area contributed by atoms with Crippen molar-refractivity contribution >= 4 is 40.8 Å². The van der Waals surface area contributed by atoms with Gasteiger partial charge in [-0.15, -0.1) is 0 Å². The monoisotopic (exact) mass is 601 g/mol. The van der Waals surface area contributed by atoms with Crippen molar-refractivity contribution in [1.29, 1.82) is 0 Å². The van der Waals surface area contributed by atoms with Crippen LogP contribution in [0.25, 0.3) is 0 Å². The normalized spacial score (nSPS) is 23.0. The van der Waals surface area contributed by atoms with Crippen LogP contribution in [0.5, 0.6) is 5.75 Å². The largest absolute Gasteiger partial charge is 0.476 e. The number of amides is 2. The van der Waals surface area contributed by atoms with E-state index in [1.54, 1.807) is 38.2 Å². The van der Waals surface area contributed by atoms with Gasteiger partial charge < -0.3 is 25.2 Å². The second-order valence-electron chi connectivity index (χ2n) is 12.8. The fourth-order valence-corrected chi connectivity index (χ4v) is 6.95. The highest BCUT2D eigenvalue weighted by atomic mass is 35.5. The van der Waals surface area contributed by atoms with Gasteiger partial charge in [0.1, 0.15) is 11.6 Å². The molecule has 3 aliphatic heterocycles. The predicted molar refractivity (Wildman–Crippen MR) is 163 cm³/mol. The van der Waals surface area contributed by atoms with Crippen molar-refractivity contribution in [3.63, 3.8) is 0 Å². The SMILES string of the molecule is CC(C)(CN1CCCC1)NC(=O)c1ccc(N2[C@@H]3CC[C@H]2CC(NC(=O)C(C)(C)Oc2ccc(Cl)cc2Cl)C3)nc1. The first-order chi connectivity index (χ1) is 19.4. The maximum atomic E-state index is 13.2.